The number of carbonyl (C=O) groups is 2. The SMILES string of the molecule is C=C1NC(=O)NC(c2ccc(-c3ccccc3)cc2)C1C(=O)OC. The zero-order chi connectivity index (χ0) is 17.1. The molecular weight excluding hydrogens is 304 g/mol. The van der Waals surface area contributed by atoms with Gasteiger partial charge in [-0.15, -0.1) is 0 Å². The lowest BCUT2D eigenvalue weighted by Gasteiger charge is -2.33. The Bertz CT molecular complexity index is 769. The van der Waals surface area contributed by atoms with Gasteiger partial charge in [0.2, 0.25) is 0 Å². The van der Waals surface area contributed by atoms with Crippen LogP contribution in [-0.2, 0) is 9.53 Å². The molecule has 2 aromatic carbocycles. The van der Waals surface area contributed by atoms with Gasteiger partial charge in [-0.1, -0.05) is 61.2 Å². The fraction of sp³-hybridized carbons (Fsp3) is 0.158. The molecule has 0 aliphatic carbocycles. The van der Waals surface area contributed by atoms with Gasteiger partial charge in [-0.05, 0) is 16.7 Å². The summed E-state index contributed by atoms with van der Waals surface area (Å²) in [6.07, 6.45) is 0. The summed E-state index contributed by atoms with van der Waals surface area (Å²) in [6, 6.07) is 16.8. The molecule has 0 bridgehead atoms. The molecule has 2 N–H and O–H groups in total. The highest BCUT2D eigenvalue weighted by Crippen LogP contribution is 2.31. The van der Waals surface area contributed by atoms with Crippen LogP contribution in [0.15, 0.2) is 66.9 Å². The molecule has 1 heterocycles. The Morgan fingerprint density at radius 2 is 1.67 bits per heavy atom. The Labute approximate surface area is 140 Å². The Kier molecular flexibility index (Phi) is 4.33. The van der Waals surface area contributed by atoms with E-state index >= 15 is 0 Å². The van der Waals surface area contributed by atoms with Crippen molar-refractivity contribution in [2.75, 3.05) is 7.11 Å². The molecule has 122 valence electrons. The second kappa shape index (κ2) is 6.58. The van der Waals surface area contributed by atoms with E-state index in [0.29, 0.717) is 5.70 Å². The number of urea groups is 1. The molecule has 24 heavy (non-hydrogen) atoms. The number of ether oxygens (including phenoxy) is 1. The molecule has 2 atom stereocenters. The Morgan fingerprint density at radius 1 is 1.04 bits per heavy atom. The number of benzene rings is 2. The summed E-state index contributed by atoms with van der Waals surface area (Å²) in [4.78, 5) is 23.8. The standard InChI is InChI=1S/C19H18N2O3/c1-12-16(18(22)24-2)17(21-19(23)20-12)15-10-8-14(9-11-15)13-6-4-3-5-7-13/h3-11,16-17H,1H2,2H3,(H2,20,21,23). The number of esters is 1. The maximum atomic E-state index is 12.1. The van der Waals surface area contributed by atoms with Gasteiger partial charge in [-0.2, -0.15) is 0 Å². The molecule has 1 fully saturated rings. The Morgan fingerprint density at radius 3 is 2.29 bits per heavy atom. The fourth-order valence-electron chi connectivity index (χ4n) is 2.88. The second-order valence-corrected chi connectivity index (χ2v) is 5.59. The predicted molar refractivity (Wildman–Crippen MR) is 90.9 cm³/mol. The molecule has 0 radical (unpaired) electrons. The zero-order valence-corrected chi connectivity index (χ0v) is 13.3. The molecule has 1 aliphatic rings. The quantitative estimate of drug-likeness (QED) is 0.854. The molecule has 2 aromatic rings. The number of amides is 2. The van der Waals surface area contributed by atoms with Crippen molar-refractivity contribution in [3.63, 3.8) is 0 Å². The second-order valence-electron chi connectivity index (χ2n) is 5.59. The maximum absolute atomic E-state index is 12.1. The van der Waals surface area contributed by atoms with Crippen LogP contribution in [-0.4, -0.2) is 19.1 Å². The van der Waals surface area contributed by atoms with Gasteiger partial charge in [0.1, 0.15) is 5.92 Å². The van der Waals surface area contributed by atoms with Gasteiger partial charge in [0, 0.05) is 5.70 Å². The van der Waals surface area contributed by atoms with Crippen LogP contribution in [0.25, 0.3) is 11.1 Å². The van der Waals surface area contributed by atoms with Crippen LogP contribution in [0.5, 0.6) is 0 Å². The topological polar surface area (TPSA) is 67.4 Å². The van der Waals surface area contributed by atoms with E-state index in [1.54, 1.807) is 0 Å². The third-order valence-corrected chi connectivity index (χ3v) is 4.10. The minimum Gasteiger partial charge on any atom is -0.468 e. The average Bonchev–Trinajstić information content (AvgIpc) is 2.61. The minimum absolute atomic E-state index is 0.336. The number of methoxy groups -OCH3 is 1. The van der Waals surface area contributed by atoms with E-state index in [1.807, 2.05) is 54.6 Å². The molecular formula is C19H18N2O3. The summed E-state index contributed by atoms with van der Waals surface area (Å²) >= 11 is 0. The van der Waals surface area contributed by atoms with Crippen molar-refractivity contribution in [1.29, 1.82) is 0 Å². The first-order chi connectivity index (χ1) is 11.6. The van der Waals surface area contributed by atoms with E-state index in [9.17, 15) is 9.59 Å². The van der Waals surface area contributed by atoms with Crippen molar-refractivity contribution in [2.45, 2.75) is 6.04 Å². The Hall–Kier alpha value is -3.08. The third-order valence-electron chi connectivity index (χ3n) is 4.10. The number of rotatable bonds is 3. The lowest BCUT2D eigenvalue weighted by Crippen LogP contribution is -2.51. The number of nitrogens with one attached hydrogen (secondary N) is 2. The molecule has 1 saturated heterocycles. The monoisotopic (exact) mass is 322 g/mol. The molecule has 5 nitrogen and oxygen atoms in total. The summed E-state index contributed by atoms with van der Waals surface area (Å²) in [5.74, 6) is -1.11. The number of hydrogen-bond acceptors (Lipinski definition) is 3. The van der Waals surface area contributed by atoms with Gasteiger partial charge < -0.3 is 15.4 Å². The molecule has 2 amide bonds. The summed E-state index contributed by atoms with van der Waals surface area (Å²) in [5.41, 5.74) is 3.32. The van der Waals surface area contributed by atoms with Crippen molar-refractivity contribution in [3.05, 3.63) is 72.4 Å². The third kappa shape index (κ3) is 3.01. The molecule has 5 heteroatoms. The summed E-state index contributed by atoms with van der Waals surface area (Å²) in [7, 11) is 1.32. The first-order valence-electron chi connectivity index (χ1n) is 7.59. The zero-order valence-electron chi connectivity index (χ0n) is 13.3. The normalized spacial score (nSPS) is 20.0. The van der Waals surface area contributed by atoms with E-state index in [2.05, 4.69) is 17.2 Å². The van der Waals surface area contributed by atoms with Crippen LogP contribution < -0.4 is 10.6 Å². The van der Waals surface area contributed by atoms with Crippen LogP contribution in [0.4, 0.5) is 4.79 Å². The minimum atomic E-state index is -0.671. The maximum Gasteiger partial charge on any atom is 0.319 e. The van der Waals surface area contributed by atoms with Gasteiger partial charge in [-0.25, -0.2) is 4.79 Å². The largest absolute Gasteiger partial charge is 0.468 e. The first kappa shape index (κ1) is 15.8. The van der Waals surface area contributed by atoms with E-state index in [4.69, 9.17) is 4.74 Å². The van der Waals surface area contributed by atoms with Gasteiger partial charge in [0.25, 0.3) is 0 Å². The molecule has 3 rings (SSSR count). The van der Waals surface area contributed by atoms with E-state index < -0.39 is 17.9 Å². The lowest BCUT2D eigenvalue weighted by molar-refractivity contribution is -0.145. The van der Waals surface area contributed by atoms with Crippen molar-refractivity contribution in [1.82, 2.24) is 10.6 Å². The van der Waals surface area contributed by atoms with Gasteiger partial charge >= 0.3 is 12.0 Å². The van der Waals surface area contributed by atoms with Crippen molar-refractivity contribution in [3.8, 4) is 11.1 Å². The van der Waals surface area contributed by atoms with Crippen LogP contribution in [0.2, 0.25) is 0 Å². The average molecular weight is 322 g/mol. The summed E-state index contributed by atoms with van der Waals surface area (Å²) in [6.45, 7) is 3.78. The van der Waals surface area contributed by atoms with Crippen LogP contribution in [0.3, 0.4) is 0 Å². The molecule has 2 unspecified atom stereocenters. The molecule has 0 aromatic heterocycles. The number of hydrogen-bond donors (Lipinski definition) is 2. The van der Waals surface area contributed by atoms with Crippen LogP contribution in [0, 0.1) is 5.92 Å². The Balaban J connectivity index is 1.92. The van der Waals surface area contributed by atoms with Crippen molar-refractivity contribution in [2.24, 2.45) is 5.92 Å². The van der Waals surface area contributed by atoms with E-state index in [-0.39, 0.29) is 6.03 Å². The van der Waals surface area contributed by atoms with Crippen molar-refractivity contribution < 1.29 is 14.3 Å². The summed E-state index contributed by atoms with van der Waals surface area (Å²) in [5, 5.41) is 5.31. The smallest absolute Gasteiger partial charge is 0.319 e. The summed E-state index contributed by atoms with van der Waals surface area (Å²) < 4.78 is 4.85. The van der Waals surface area contributed by atoms with E-state index in [1.165, 1.54) is 7.11 Å². The highest BCUT2D eigenvalue weighted by Gasteiger charge is 2.38. The van der Waals surface area contributed by atoms with Gasteiger partial charge in [0.15, 0.2) is 0 Å². The molecule has 0 spiro atoms. The van der Waals surface area contributed by atoms with Crippen molar-refractivity contribution >= 4 is 12.0 Å². The fourth-order valence-corrected chi connectivity index (χ4v) is 2.88. The van der Waals surface area contributed by atoms with Gasteiger partial charge in [-0.3, -0.25) is 4.79 Å². The first-order valence-corrected chi connectivity index (χ1v) is 7.59. The predicted octanol–water partition coefficient (Wildman–Crippen LogP) is 3.01. The van der Waals surface area contributed by atoms with Gasteiger partial charge in [0.05, 0.1) is 13.2 Å². The van der Waals surface area contributed by atoms with Crippen LogP contribution in [0.1, 0.15) is 11.6 Å². The number of carbonyl (C=O) groups excluding carboxylic acids is 2. The highest BCUT2D eigenvalue weighted by molar-refractivity contribution is 5.85. The lowest BCUT2D eigenvalue weighted by atomic mass is 9.88. The van der Waals surface area contributed by atoms with Crippen LogP contribution >= 0.6 is 0 Å². The van der Waals surface area contributed by atoms with E-state index in [0.717, 1.165) is 16.7 Å². The molecule has 1 aliphatic heterocycles. The highest BCUT2D eigenvalue weighted by atomic mass is 16.5. The molecule has 0 saturated carbocycles.